The van der Waals surface area contributed by atoms with Crippen LogP contribution >= 0.6 is 0 Å². The fraction of sp³-hybridized carbons (Fsp3) is 0.786. The number of rotatable bonds is 5. The van der Waals surface area contributed by atoms with Crippen molar-refractivity contribution >= 4 is 5.91 Å². The van der Waals surface area contributed by atoms with Crippen LogP contribution in [0, 0.1) is 28.1 Å². The van der Waals surface area contributed by atoms with E-state index < -0.39 is 0 Å². The minimum absolute atomic E-state index is 0.0233. The van der Waals surface area contributed by atoms with E-state index in [0.29, 0.717) is 25.9 Å². The van der Waals surface area contributed by atoms with Gasteiger partial charge in [0.1, 0.15) is 0 Å². The van der Waals surface area contributed by atoms with Crippen LogP contribution < -0.4 is 5.32 Å². The van der Waals surface area contributed by atoms with Crippen molar-refractivity contribution in [1.82, 2.24) is 10.2 Å². The van der Waals surface area contributed by atoms with Crippen molar-refractivity contribution in [2.75, 3.05) is 19.6 Å². The summed E-state index contributed by atoms with van der Waals surface area (Å²) in [4.78, 5) is 14.2. The molecule has 19 heavy (non-hydrogen) atoms. The molecule has 1 atom stereocenters. The lowest BCUT2D eigenvalue weighted by atomic mass is 9.77. The molecule has 1 N–H and O–H groups in total. The Bertz CT molecular complexity index is 373. The Hall–Kier alpha value is -1.59. The van der Waals surface area contributed by atoms with E-state index in [1.807, 2.05) is 0 Å². The molecule has 5 nitrogen and oxygen atoms in total. The van der Waals surface area contributed by atoms with Gasteiger partial charge in [0.15, 0.2) is 0 Å². The molecule has 1 aliphatic heterocycles. The number of amides is 1. The number of piperidine rings is 1. The summed E-state index contributed by atoms with van der Waals surface area (Å²) in [5.41, 5.74) is -0.0765. The fourth-order valence-electron chi connectivity index (χ4n) is 2.52. The Morgan fingerprint density at radius 2 is 1.89 bits per heavy atom. The molecular weight excluding hydrogens is 240 g/mol. The van der Waals surface area contributed by atoms with Gasteiger partial charge in [-0.2, -0.15) is 10.5 Å². The lowest BCUT2D eigenvalue weighted by molar-refractivity contribution is -0.137. The largest absolute Gasteiger partial charge is 0.339 e. The summed E-state index contributed by atoms with van der Waals surface area (Å²) in [7, 11) is 0. The fourth-order valence-corrected chi connectivity index (χ4v) is 2.52. The van der Waals surface area contributed by atoms with E-state index in [0.717, 1.165) is 19.4 Å². The normalized spacial score (nSPS) is 21.2. The Balaban J connectivity index is 2.74. The summed E-state index contributed by atoms with van der Waals surface area (Å²) < 4.78 is 0. The molecule has 0 aromatic rings. The molecule has 1 fully saturated rings. The third-order valence-electron chi connectivity index (χ3n) is 3.67. The van der Waals surface area contributed by atoms with Crippen molar-refractivity contribution in [2.45, 2.75) is 45.6 Å². The number of nitriles is 2. The molecule has 0 spiro atoms. The van der Waals surface area contributed by atoms with Crippen molar-refractivity contribution in [3.63, 3.8) is 0 Å². The van der Waals surface area contributed by atoms with Crippen molar-refractivity contribution in [1.29, 1.82) is 10.5 Å². The third kappa shape index (κ3) is 4.22. The van der Waals surface area contributed by atoms with Gasteiger partial charge in [-0.3, -0.25) is 4.79 Å². The number of carbonyl (C=O) groups is 1. The predicted octanol–water partition coefficient (Wildman–Crippen LogP) is 1.42. The van der Waals surface area contributed by atoms with E-state index >= 15 is 0 Å². The van der Waals surface area contributed by atoms with E-state index in [1.165, 1.54) is 0 Å². The van der Waals surface area contributed by atoms with Crippen LogP contribution in [0.3, 0.4) is 0 Å². The van der Waals surface area contributed by atoms with Crippen LogP contribution in [0.4, 0.5) is 0 Å². The summed E-state index contributed by atoms with van der Waals surface area (Å²) >= 11 is 0. The van der Waals surface area contributed by atoms with Gasteiger partial charge >= 0.3 is 0 Å². The zero-order chi connectivity index (χ0) is 14.3. The van der Waals surface area contributed by atoms with Crippen LogP contribution in [0.25, 0.3) is 0 Å². The molecule has 1 amide bonds. The first-order chi connectivity index (χ1) is 9.03. The van der Waals surface area contributed by atoms with Crippen LogP contribution in [0.2, 0.25) is 0 Å². The van der Waals surface area contributed by atoms with E-state index in [9.17, 15) is 4.79 Å². The number of hydrogen-bond donors (Lipinski definition) is 1. The Morgan fingerprint density at radius 1 is 1.32 bits per heavy atom. The van der Waals surface area contributed by atoms with Crippen molar-refractivity contribution < 1.29 is 4.79 Å². The van der Waals surface area contributed by atoms with Gasteiger partial charge in [0, 0.05) is 13.1 Å². The number of hydrogen-bond acceptors (Lipinski definition) is 4. The third-order valence-corrected chi connectivity index (χ3v) is 3.67. The van der Waals surface area contributed by atoms with E-state index in [1.54, 1.807) is 4.90 Å². The second-order valence-electron chi connectivity index (χ2n) is 5.62. The highest BCUT2D eigenvalue weighted by Crippen LogP contribution is 2.31. The summed E-state index contributed by atoms with van der Waals surface area (Å²) in [6.07, 6.45) is 2.71. The molecule has 1 aliphatic rings. The monoisotopic (exact) mass is 262 g/mol. The molecule has 0 radical (unpaired) electrons. The van der Waals surface area contributed by atoms with Crippen LogP contribution in [-0.2, 0) is 4.79 Å². The first-order valence-electron chi connectivity index (χ1n) is 6.79. The molecule has 104 valence electrons. The summed E-state index contributed by atoms with van der Waals surface area (Å²) in [6.45, 7) is 5.85. The van der Waals surface area contributed by atoms with E-state index in [2.05, 4.69) is 31.3 Å². The molecule has 1 heterocycles. The molecule has 1 saturated heterocycles. The zero-order valence-electron chi connectivity index (χ0n) is 11.8. The van der Waals surface area contributed by atoms with Gasteiger partial charge in [-0.1, -0.05) is 13.8 Å². The molecule has 1 unspecified atom stereocenters. The van der Waals surface area contributed by atoms with Gasteiger partial charge < -0.3 is 10.2 Å². The van der Waals surface area contributed by atoms with Gasteiger partial charge in [0.05, 0.1) is 31.0 Å². The maximum atomic E-state index is 12.6. The molecule has 0 aromatic heterocycles. The molecular formula is C14H22N4O. The maximum Gasteiger partial charge on any atom is 0.240 e. The van der Waals surface area contributed by atoms with Crippen LogP contribution in [0.15, 0.2) is 0 Å². The van der Waals surface area contributed by atoms with Gasteiger partial charge in [-0.15, -0.1) is 0 Å². The molecule has 0 aromatic carbocycles. The predicted molar refractivity (Wildman–Crippen MR) is 71.8 cm³/mol. The zero-order valence-corrected chi connectivity index (χ0v) is 11.8. The van der Waals surface area contributed by atoms with Gasteiger partial charge in [-0.05, 0) is 24.8 Å². The van der Waals surface area contributed by atoms with Gasteiger partial charge in [0.25, 0.3) is 0 Å². The average molecular weight is 262 g/mol. The molecule has 5 heteroatoms. The average Bonchev–Trinajstić information content (AvgIpc) is 2.38. The Morgan fingerprint density at radius 3 is 2.37 bits per heavy atom. The maximum absolute atomic E-state index is 12.6. The van der Waals surface area contributed by atoms with Crippen molar-refractivity contribution in [3.05, 3.63) is 0 Å². The highest BCUT2D eigenvalue weighted by molar-refractivity contribution is 5.83. The van der Waals surface area contributed by atoms with Crippen LogP contribution in [0.1, 0.15) is 39.5 Å². The van der Waals surface area contributed by atoms with Gasteiger partial charge in [-0.25, -0.2) is 0 Å². The van der Waals surface area contributed by atoms with Crippen LogP contribution in [0.5, 0.6) is 0 Å². The first-order valence-corrected chi connectivity index (χ1v) is 6.79. The highest BCUT2D eigenvalue weighted by Gasteiger charge is 2.38. The quantitative estimate of drug-likeness (QED) is 0.812. The summed E-state index contributed by atoms with van der Waals surface area (Å²) in [6, 6.07) is 3.90. The number of nitrogens with zero attached hydrogens (tertiary/aromatic N) is 3. The SMILES string of the molecule is CC1(C)CCCNC1C(=O)N(CCC#N)CCC#N. The molecule has 1 rings (SSSR count). The van der Waals surface area contributed by atoms with Crippen LogP contribution in [-0.4, -0.2) is 36.5 Å². The highest BCUT2D eigenvalue weighted by atomic mass is 16.2. The first kappa shape index (κ1) is 15.5. The molecule has 0 saturated carbocycles. The second-order valence-corrected chi connectivity index (χ2v) is 5.62. The standard InChI is InChI=1S/C14H22N4O/c1-14(2)6-3-9-17-12(14)13(19)18(10-4-7-15)11-5-8-16/h12,17H,3-6,9-11H2,1-2H3. The number of carbonyl (C=O) groups excluding carboxylic acids is 1. The molecule has 0 bridgehead atoms. The minimum atomic E-state index is -0.210. The lowest BCUT2D eigenvalue weighted by Crippen LogP contribution is -2.56. The van der Waals surface area contributed by atoms with Crippen molar-refractivity contribution in [2.24, 2.45) is 5.41 Å². The Kier molecular flexibility index (Phi) is 5.79. The summed E-state index contributed by atoms with van der Waals surface area (Å²) in [5.74, 6) is 0.0233. The van der Waals surface area contributed by atoms with Gasteiger partial charge in [0.2, 0.25) is 5.91 Å². The molecule has 0 aliphatic carbocycles. The topological polar surface area (TPSA) is 79.9 Å². The lowest BCUT2D eigenvalue weighted by Gasteiger charge is -2.40. The second kappa shape index (κ2) is 7.11. The minimum Gasteiger partial charge on any atom is -0.339 e. The van der Waals surface area contributed by atoms with Crippen molar-refractivity contribution in [3.8, 4) is 12.1 Å². The summed E-state index contributed by atoms with van der Waals surface area (Å²) in [5, 5.41) is 20.6. The van der Waals surface area contributed by atoms with E-state index in [4.69, 9.17) is 10.5 Å². The smallest absolute Gasteiger partial charge is 0.240 e. The van der Waals surface area contributed by atoms with E-state index in [-0.39, 0.29) is 17.4 Å². The number of nitrogens with one attached hydrogen (secondary N) is 1. The Labute approximate surface area is 115 Å².